The van der Waals surface area contributed by atoms with Crippen LogP contribution in [0.25, 0.3) is 11.0 Å². The van der Waals surface area contributed by atoms with Gasteiger partial charge < -0.3 is 19.8 Å². The topological polar surface area (TPSA) is 59.2 Å². The van der Waals surface area contributed by atoms with Gasteiger partial charge in [0.2, 0.25) is 0 Å². The van der Waals surface area contributed by atoms with Crippen LogP contribution in [-0.4, -0.2) is 24.2 Å². The van der Waals surface area contributed by atoms with Crippen molar-refractivity contribution in [3.63, 3.8) is 0 Å². The number of benzene rings is 2. The van der Waals surface area contributed by atoms with E-state index < -0.39 is 0 Å². The van der Waals surface area contributed by atoms with Gasteiger partial charge in [-0.1, -0.05) is 17.7 Å². The van der Waals surface area contributed by atoms with Crippen LogP contribution in [0.5, 0.6) is 11.5 Å². The van der Waals surface area contributed by atoms with Gasteiger partial charge in [-0.3, -0.25) is 0 Å². The number of hydrogen-bond donors (Lipinski definition) is 2. The minimum atomic E-state index is 0.278. The van der Waals surface area contributed by atoms with E-state index in [2.05, 4.69) is 27.4 Å². The molecule has 0 spiro atoms. The Morgan fingerprint density at radius 1 is 1.24 bits per heavy atom. The summed E-state index contributed by atoms with van der Waals surface area (Å²) in [6.45, 7) is 0.695. The van der Waals surface area contributed by atoms with Gasteiger partial charge in [0.15, 0.2) is 11.5 Å². The van der Waals surface area contributed by atoms with Crippen LogP contribution in [0, 0.1) is 0 Å². The fourth-order valence-electron chi connectivity index (χ4n) is 3.53. The number of imidazole rings is 1. The zero-order valence-corrected chi connectivity index (χ0v) is 15.0. The third kappa shape index (κ3) is 2.83. The lowest BCUT2D eigenvalue weighted by Crippen LogP contribution is -2.19. The summed E-state index contributed by atoms with van der Waals surface area (Å²) in [6, 6.07) is 8.50. The molecule has 25 heavy (non-hydrogen) atoms. The molecule has 0 saturated carbocycles. The largest absolute Gasteiger partial charge is 0.493 e. The summed E-state index contributed by atoms with van der Waals surface area (Å²) in [6.07, 6.45) is 3.74. The molecule has 130 valence electrons. The van der Waals surface area contributed by atoms with Crippen LogP contribution in [0.1, 0.15) is 29.2 Å². The van der Waals surface area contributed by atoms with Crippen molar-refractivity contribution in [2.75, 3.05) is 14.2 Å². The Morgan fingerprint density at radius 2 is 2.04 bits per heavy atom. The molecule has 1 aliphatic carbocycles. The Balaban J connectivity index is 1.56. The minimum Gasteiger partial charge on any atom is -0.493 e. The lowest BCUT2D eigenvalue weighted by atomic mass is 10.1. The van der Waals surface area contributed by atoms with E-state index in [1.807, 2.05) is 12.1 Å². The van der Waals surface area contributed by atoms with E-state index in [1.165, 1.54) is 11.1 Å². The van der Waals surface area contributed by atoms with E-state index in [9.17, 15) is 0 Å². The first kappa shape index (κ1) is 16.2. The molecule has 1 heterocycles. The molecule has 6 heteroatoms. The third-order valence-electron chi connectivity index (χ3n) is 4.87. The summed E-state index contributed by atoms with van der Waals surface area (Å²) >= 11 is 6.50. The molecule has 2 N–H and O–H groups in total. The number of hydrogen-bond acceptors (Lipinski definition) is 4. The van der Waals surface area contributed by atoms with Crippen molar-refractivity contribution >= 4 is 22.6 Å². The Hall–Kier alpha value is -2.24. The van der Waals surface area contributed by atoms with Crippen LogP contribution < -0.4 is 14.8 Å². The molecule has 0 saturated heterocycles. The first-order valence-electron chi connectivity index (χ1n) is 8.30. The van der Waals surface area contributed by atoms with Crippen molar-refractivity contribution in [3.05, 3.63) is 52.3 Å². The number of nitrogens with one attached hydrogen (secondary N) is 2. The van der Waals surface area contributed by atoms with Crippen LogP contribution >= 0.6 is 11.6 Å². The first-order chi connectivity index (χ1) is 12.2. The smallest absolute Gasteiger partial charge is 0.161 e. The summed E-state index contributed by atoms with van der Waals surface area (Å²) in [5, 5.41) is 4.33. The van der Waals surface area contributed by atoms with Crippen LogP contribution in [-0.2, 0) is 13.0 Å². The fourth-order valence-corrected chi connectivity index (χ4v) is 3.81. The number of nitrogens with zero attached hydrogens (tertiary/aromatic N) is 1. The van der Waals surface area contributed by atoms with E-state index in [4.69, 9.17) is 21.1 Å². The van der Waals surface area contributed by atoms with Gasteiger partial charge in [-0.05, 0) is 47.7 Å². The highest BCUT2D eigenvalue weighted by Crippen LogP contribution is 2.39. The number of halogens is 1. The van der Waals surface area contributed by atoms with Crippen LogP contribution in [0.15, 0.2) is 30.6 Å². The van der Waals surface area contributed by atoms with Crippen LogP contribution in [0.3, 0.4) is 0 Å². The lowest BCUT2D eigenvalue weighted by molar-refractivity contribution is 0.354. The number of aromatic amines is 1. The van der Waals surface area contributed by atoms with E-state index in [1.54, 1.807) is 20.5 Å². The Bertz CT molecular complexity index is 922. The van der Waals surface area contributed by atoms with Gasteiger partial charge in [-0.2, -0.15) is 0 Å². The van der Waals surface area contributed by atoms with E-state index in [0.717, 1.165) is 40.9 Å². The standard InChI is InChI=1S/C19H20ClN3O2/c1-24-16-7-11-3-5-14(13(11)8-17(16)25-2)21-9-12-4-6-15-19(18(12)20)23-10-22-15/h4,6-8,10,14,21H,3,5,9H2,1-2H3,(H,22,23). The number of fused-ring (bicyclic) bond motifs is 2. The number of ether oxygens (including phenoxy) is 2. The zero-order valence-electron chi connectivity index (χ0n) is 14.2. The van der Waals surface area contributed by atoms with Gasteiger partial charge in [0.25, 0.3) is 0 Å². The lowest BCUT2D eigenvalue weighted by Gasteiger charge is -2.17. The second kappa shape index (κ2) is 6.58. The number of H-pyrrole nitrogens is 1. The predicted octanol–water partition coefficient (Wildman–Crippen LogP) is 4.01. The first-order valence-corrected chi connectivity index (χ1v) is 8.67. The SMILES string of the molecule is COc1cc2c(cc1OC)C(NCc1ccc3[nH]cnc3c1Cl)CC2. The molecule has 1 unspecified atom stereocenters. The van der Waals surface area contributed by atoms with E-state index in [-0.39, 0.29) is 6.04 Å². The third-order valence-corrected chi connectivity index (χ3v) is 5.29. The number of aryl methyl sites for hydroxylation is 1. The molecule has 3 aromatic rings. The van der Waals surface area contributed by atoms with Crippen molar-refractivity contribution in [2.24, 2.45) is 0 Å². The van der Waals surface area contributed by atoms with Gasteiger partial charge in [0.05, 0.1) is 31.1 Å². The van der Waals surface area contributed by atoms with Crippen molar-refractivity contribution in [3.8, 4) is 11.5 Å². The summed E-state index contributed by atoms with van der Waals surface area (Å²) < 4.78 is 10.8. The van der Waals surface area contributed by atoms with Gasteiger partial charge in [-0.25, -0.2) is 4.98 Å². The van der Waals surface area contributed by atoms with Gasteiger partial charge in [0, 0.05) is 12.6 Å². The molecule has 1 aliphatic rings. The normalized spacial score (nSPS) is 16.2. The second-order valence-electron chi connectivity index (χ2n) is 6.22. The second-order valence-corrected chi connectivity index (χ2v) is 6.59. The summed E-state index contributed by atoms with van der Waals surface area (Å²) in [5.41, 5.74) is 5.41. The summed E-state index contributed by atoms with van der Waals surface area (Å²) in [5.74, 6) is 1.56. The molecule has 5 nitrogen and oxygen atoms in total. The maximum atomic E-state index is 6.50. The van der Waals surface area contributed by atoms with Crippen LogP contribution in [0.2, 0.25) is 5.02 Å². The predicted molar refractivity (Wildman–Crippen MR) is 98.6 cm³/mol. The van der Waals surface area contributed by atoms with Crippen molar-refractivity contribution in [1.82, 2.24) is 15.3 Å². The highest BCUT2D eigenvalue weighted by Gasteiger charge is 2.25. The highest BCUT2D eigenvalue weighted by atomic mass is 35.5. The Kier molecular flexibility index (Phi) is 4.27. The number of methoxy groups -OCH3 is 2. The molecule has 1 aromatic heterocycles. The molecule has 2 aromatic carbocycles. The van der Waals surface area contributed by atoms with Crippen molar-refractivity contribution in [2.45, 2.75) is 25.4 Å². The maximum absolute atomic E-state index is 6.50. The Morgan fingerprint density at radius 3 is 2.84 bits per heavy atom. The molecule has 0 aliphatic heterocycles. The van der Waals surface area contributed by atoms with E-state index in [0.29, 0.717) is 11.6 Å². The fraction of sp³-hybridized carbons (Fsp3) is 0.316. The molecule has 0 bridgehead atoms. The summed E-state index contributed by atoms with van der Waals surface area (Å²) in [7, 11) is 3.34. The zero-order chi connectivity index (χ0) is 17.4. The monoisotopic (exact) mass is 357 g/mol. The Labute approximate surface area is 151 Å². The molecule has 1 atom stereocenters. The average molecular weight is 358 g/mol. The maximum Gasteiger partial charge on any atom is 0.161 e. The molecule has 0 amide bonds. The van der Waals surface area contributed by atoms with Crippen LogP contribution in [0.4, 0.5) is 0 Å². The van der Waals surface area contributed by atoms with Crippen molar-refractivity contribution < 1.29 is 9.47 Å². The van der Waals surface area contributed by atoms with Gasteiger partial charge in [-0.15, -0.1) is 0 Å². The molecular weight excluding hydrogens is 338 g/mol. The van der Waals surface area contributed by atoms with E-state index >= 15 is 0 Å². The number of rotatable bonds is 5. The molecular formula is C19H20ClN3O2. The van der Waals surface area contributed by atoms with Crippen molar-refractivity contribution in [1.29, 1.82) is 0 Å². The molecule has 0 radical (unpaired) electrons. The van der Waals surface area contributed by atoms with Gasteiger partial charge >= 0.3 is 0 Å². The molecule has 0 fully saturated rings. The number of aromatic nitrogens is 2. The highest BCUT2D eigenvalue weighted by molar-refractivity contribution is 6.35. The molecule has 4 rings (SSSR count). The average Bonchev–Trinajstić information content (AvgIpc) is 3.27. The quantitative estimate of drug-likeness (QED) is 0.724. The minimum absolute atomic E-state index is 0.278. The summed E-state index contributed by atoms with van der Waals surface area (Å²) in [4.78, 5) is 7.37. The van der Waals surface area contributed by atoms with Gasteiger partial charge in [0.1, 0.15) is 5.52 Å².